The van der Waals surface area contributed by atoms with E-state index >= 15 is 0 Å². The molecule has 0 radical (unpaired) electrons. The first kappa shape index (κ1) is 25.1. The Bertz CT molecular complexity index is 1320. The highest BCUT2D eigenvalue weighted by atomic mass is 35.5. The van der Waals surface area contributed by atoms with E-state index in [1.165, 1.54) is 6.07 Å². The molecule has 0 unspecified atom stereocenters. The van der Waals surface area contributed by atoms with Crippen molar-refractivity contribution in [1.29, 1.82) is 0 Å². The predicted octanol–water partition coefficient (Wildman–Crippen LogP) is 6.29. The summed E-state index contributed by atoms with van der Waals surface area (Å²) in [6.45, 7) is 8.03. The molecule has 1 aliphatic rings. The highest BCUT2D eigenvalue weighted by Gasteiger charge is 2.31. The number of pyridine rings is 1. The van der Waals surface area contributed by atoms with Gasteiger partial charge in [0.05, 0.1) is 22.2 Å². The van der Waals surface area contributed by atoms with E-state index in [0.29, 0.717) is 58.7 Å². The lowest BCUT2D eigenvalue weighted by Gasteiger charge is -2.34. The summed E-state index contributed by atoms with van der Waals surface area (Å²) in [4.78, 5) is 30.8. The number of carbonyl (C=O) groups excluding carboxylic acids is 1. The summed E-state index contributed by atoms with van der Waals surface area (Å²) in [6, 6.07) is 4.69. The van der Waals surface area contributed by atoms with E-state index in [1.807, 2.05) is 20.8 Å². The van der Waals surface area contributed by atoms with Gasteiger partial charge in [-0.1, -0.05) is 29.3 Å². The van der Waals surface area contributed by atoms with Gasteiger partial charge in [0.2, 0.25) is 5.88 Å². The van der Waals surface area contributed by atoms with Crippen molar-refractivity contribution in [3.63, 3.8) is 0 Å². The minimum absolute atomic E-state index is 0.0329. The van der Waals surface area contributed by atoms with E-state index in [4.69, 9.17) is 27.9 Å². The molecule has 2 N–H and O–H groups in total. The summed E-state index contributed by atoms with van der Waals surface area (Å²) in [7, 11) is 0. The number of carboxylic acid groups (broad SMARTS) is 1. The Labute approximate surface area is 213 Å². The molecule has 3 heterocycles. The molecule has 0 aliphatic carbocycles. The molecule has 3 aromatic rings. The second-order valence-electron chi connectivity index (χ2n) is 9.70. The van der Waals surface area contributed by atoms with Crippen LogP contribution in [0.1, 0.15) is 55.7 Å². The van der Waals surface area contributed by atoms with Gasteiger partial charge in [-0.25, -0.2) is 9.59 Å². The molecular weight excluding hydrogens is 493 g/mol. The number of aryl methyl sites for hydroxylation is 1. The molecule has 0 spiro atoms. The van der Waals surface area contributed by atoms with Crippen LogP contribution < -0.4 is 0 Å². The van der Waals surface area contributed by atoms with Crippen LogP contribution in [0.2, 0.25) is 10.0 Å². The van der Waals surface area contributed by atoms with Crippen molar-refractivity contribution in [2.45, 2.75) is 52.2 Å². The number of likely N-dealkylation sites (tertiary alicyclic amines) is 1. The van der Waals surface area contributed by atoms with Crippen LogP contribution in [-0.4, -0.2) is 55.4 Å². The summed E-state index contributed by atoms with van der Waals surface area (Å²) in [6.07, 6.45) is 2.55. The summed E-state index contributed by atoms with van der Waals surface area (Å²) in [5, 5.41) is 22.3. The molecule has 0 saturated carbocycles. The first-order valence-corrected chi connectivity index (χ1v) is 12.0. The topological polar surface area (TPSA) is 105 Å². The van der Waals surface area contributed by atoms with Gasteiger partial charge in [0.25, 0.3) is 0 Å². The predicted molar refractivity (Wildman–Crippen MR) is 135 cm³/mol. The van der Waals surface area contributed by atoms with Gasteiger partial charge in [0.1, 0.15) is 5.60 Å². The normalized spacial score (nSPS) is 15.0. The summed E-state index contributed by atoms with van der Waals surface area (Å²) in [5.41, 5.74) is 0.897. The number of carboxylic acids is 1. The highest BCUT2D eigenvalue weighted by molar-refractivity contribution is 6.37. The van der Waals surface area contributed by atoms with Crippen LogP contribution in [0.3, 0.4) is 0 Å². The van der Waals surface area contributed by atoms with Crippen LogP contribution in [0.25, 0.3) is 22.0 Å². The van der Waals surface area contributed by atoms with Gasteiger partial charge in [-0.05, 0) is 52.7 Å². The maximum atomic E-state index is 12.4. The number of fused-ring (bicyclic) bond motifs is 1. The van der Waals surface area contributed by atoms with Gasteiger partial charge in [0, 0.05) is 46.5 Å². The molecule has 1 fully saturated rings. The lowest BCUT2D eigenvalue weighted by atomic mass is 9.95. The van der Waals surface area contributed by atoms with Crippen LogP contribution in [-0.2, 0) is 4.74 Å². The fourth-order valence-electron chi connectivity index (χ4n) is 4.52. The largest absolute Gasteiger partial charge is 0.494 e. The SMILES string of the molecule is Cc1nc2cn(C3CCN(C(=O)OC(C)(C)C)CC3)c(O)c2c(-c2ccc(Cl)cc2Cl)c1C(=O)O. The number of piperidine rings is 1. The van der Waals surface area contributed by atoms with Crippen LogP contribution in [0.4, 0.5) is 4.79 Å². The van der Waals surface area contributed by atoms with Crippen molar-refractivity contribution in [3.8, 4) is 17.0 Å². The van der Waals surface area contributed by atoms with Crippen LogP contribution in [0.15, 0.2) is 24.4 Å². The molecule has 1 amide bonds. The van der Waals surface area contributed by atoms with Crippen molar-refractivity contribution in [1.82, 2.24) is 14.5 Å². The molecule has 0 atom stereocenters. The molecular formula is C25H27Cl2N3O5. The molecule has 2 aromatic heterocycles. The number of benzene rings is 1. The zero-order valence-corrected chi connectivity index (χ0v) is 21.4. The lowest BCUT2D eigenvalue weighted by Crippen LogP contribution is -2.42. The maximum Gasteiger partial charge on any atom is 0.410 e. The summed E-state index contributed by atoms with van der Waals surface area (Å²) < 4.78 is 7.18. The third kappa shape index (κ3) is 4.90. The number of aromatic carboxylic acids is 1. The minimum Gasteiger partial charge on any atom is -0.494 e. The first-order chi connectivity index (χ1) is 16.4. The number of hydrogen-bond acceptors (Lipinski definition) is 5. The number of amides is 1. The third-order valence-corrected chi connectivity index (χ3v) is 6.61. The van der Waals surface area contributed by atoms with Gasteiger partial charge >= 0.3 is 12.1 Å². The monoisotopic (exact) mass is 519 g/mol. The lowest BCUT2D eigenvalue weighted by molar-refractivity contribution is 0.0187. The number of aromatic hydroxyl groups is 1. The number of rotatable bonds is 3. The Balaban J connectivity index is 1.76. The second-order valence-corrected chi connectivity index (χ2v) is 10.5. The van der Waals surface area contributed by atoms with E-state index in [2.05, 4.69) is 4.98 Å². The van der Waals surface area contributed by atoms with Gasteiger partial charge < -0.3 is 24.4 Å². The molecule has 1 saturated heterocycles. The Hall–Kier alpha value is -2.97. The fraction of sp³-hybridized carbons (Fsp3) is 0.400. The standard InChI is InChI=1S/C25H27Cl2N3O5/c1-13-19(23(32)33)20(16-6-5-14(26)11-17(16)27)21-18(28-13)12-30(22(21)31)15-7-9-29(10-8-15)24(34)35-25(2,3)4/h5-6,11-12,15,31H,7-10H2,1-4H3,(H,32,33). The molecule has 1 aromatic carbocycles. The van der Waals surface area contributed by atoms with E-state index < -0.39 is 11.6 Å². The highest BCUT2D eigenvalue weighted by Crippen LogP contribution is 2.44. The smallest absolute Gasteiger partial charge is 0.410 e. The second kappa shape index (κ2) is 9.24. The molecule has 10 heteroatoms. The van der Waals surface area contributed by atoms with E-state index in [1.54, 1.807) is 34.7 Å². The first-order valence-electron chi connectivity index (χ1n) is 11.3. The fourth-order valence-corrected chi connectivity index (χ4v) is 5.03. The van der Waals surface area contributed by atoms with E-state index in [-0.39, 0.29) is 28.6 Å². The van der Waals surface area contributed by atoms with Crippen molar-refractivity contribution in [2.75, 3.05) is 13.1 Å². The van der Waals surface area contributed by atoms with Gasteiger partial charge in [0.15, 0.2) is 0 Å². The number of ether oxygens (including phenoxy) is 1. The summed E-state index contributed by atoms with van der Waals surface area (Å²) >= 11 is 12.5. The molecule has 186 valence electrons. The zero-order valence-electron chi connectivity index (χ0n) is 19.9. The molecule has 0 bridgehead atoms. The Morgan fingerprint density at radius 2 is 1.83 bits per heavy atom. The third-order valence-electron chi connectivity index (χ3n) is 6.06. The minimum atomic E-state index is -1.17. The Morgan fingerprint density at radius 1 is 1.17 bits per heavy atom. The van der Waals surface area contributed by atoms with Crippen LogP contribution in [0, 0.1) is 6.92 Å². The number of hydrogen-bond donors (Lipinski definition) is 2. The van der Waals surface area contributed by atoms with E-state index in [9.17, 15) is 19.8 Å². The van der Waals surface area contributed by atoms with Crippen LogP contribution in [0.5, 0.6) is 5.88 Å². The number of nitrogens with zero attached hydrogens (tertiary/aromatic N) is 3. The number of halogens is 2. The van der Waals surface area contributed by atoms with Gasteiger partial charge in [-0.15, -0.1) is 0 Å². The number of carbonyl (C=O) groups is 2. The average molecular weight is 520 g/mol. The Kier molecular flexibility index (Phi) is 6.64. The van der Waals surface area contributed by atoms with Crippen LogP contribution >= 0.6 is 23.2 Å². The zero-order chi connectivity index (χ0) is 25.7. The quantitative estimate of drug-likeness (QED) is 0.420. The molecule has 35 heavy (non-hydrogen) atoms. The van der Waals surface area contributed by atoms with E-state index in [0.717, 1.165) is 0 Å². The molecule has 8 nitrogen and oxygen atoms in total. The average Bonchev–Trinajstić information content (AvgIpc) is 3.07. The van der Waals surface area contributed by atoms with Crippen molar-refractivity contribution in [2.24, 2.45) is 0 Å². The van der Waals surface area contributed by atoms with Crippen molar-refractivity contribution < 1.29 is 24.5 Å². The molecule has 4 rings (SSSR count). The van der Waals surface area contributed by atoms with Crippen molar-refractivity contribution in [3.05, 3.63) is 45.7 Å². The van der Waals surface area contributed by atoms with Crippen molar-refractivity contribution >= 4 is 46.2 Å². The van der Waals surface area contributed by atoms with Gasteiger partial charge in [-0.3, -0.25) is 4.98 Å². The number of aromatic nitrogens is 2. The summed E-state index contributed by atoms with van der Waals surface area (Å²) in [5.74, 6) is -1.26. The maximum absolute atomic E-state index is 12.4. The molecule has 1 aliphatic heterocycles. The Morgan fingerprint density at radius 3 is 2.40 bits per heavy atom. The van der Waals surface area contributed by atoms with Gasteiger partial charge in [-0.2, -0.15) is 0 Å².